The average Bonchev–Trinajstić information content (AvgIpc) is 2.43. The van der Waals surface area contributed by atoms with Gasteiger partial charge in [-0.25, -0.2) is 4.79 Å². The van der Waals surface area contributed by atoms with E-state index in [2.05, 4.69) is 0 Å². The molecule has 16 heavy (non-hydrogen) atoms. The van der Waals surface area contributed by atoms with Gasteiger partial charge in [0.15, 0.2) is 0 Å². The van der Waals surface area contributed by atoms with Crippen LogP contribution in [0.3, 0.4) is 0 Å². The summed E-state index contributed by atoms with van der Waals surface area (Å²) in [4.78, 5) is 11.9. The number of aryl methyl sites for hydroxylation is 2. The van der Waals surface area contributed by atoms with Crippen LogP contribution in [0.1, 0.15) is 12.5 Å². The summed E-state index contributed by atoms with van der Waals surface area (Å²) < 4.78 is 3.23. The zero-order valence-corrected chi connectivity index (χ0v) is 9.77. The fourth-order valence-corrected chi connectivity index (χ4v) is 1.96. The van der Waals surface area contributed by atoms with Gasteiger partial charge in [-0.2, -0.15) is 0 Å². The van der Waals surface area contributed by atoms with Crippen LogP contribution in [0.25, 0.3) is 11.0 Å². The Morgan fingerprint density at radius 3 is 2.69 bits per heavy atom. The lowest BCUT2D eigenvalue weighted by atomic mass is 10.2. The smallest absolute Gasteiger partial charge is 0.328 e. The molecule has 1 heterocycles. The lowest BCUT2D eigenvalue weighted by Gasteiger charge is -2.05. The van der Waals surface area contributed by atoms with Crippen LogP contribution in [0, 0.1) is 6.92 Å². The first kappa shape index (κ1) is 11.0. The third-order valence-electron chi connectivity index (χ3n) is 2.75. The highest BCUT2D eigenvalue weighted by molar-refractivity contribution is 5.76. The van der Waals surface area contributed by atoms with Crippen LogP contribution < -0.4 is 5.69 Å². The van der Waals surface area contributed by atoms with Crippen molar-refractivity contribution in [3.63, 3.8) is 0 Å². The maximum atomic E-state index is 11.9. The molecule has 0 aliphatic carbocycles. The molecule has 1 atom stereocenters. The largest absolute Gasteiger partial charge is 0.392 e. The maximum Gasteiger partial charge on any atom is 0.328 e. The predicted molar refractivity (Wildman–Crippen MR) is 63.6 cm³/mol. The lowest BCUT2D eigenvalue weighted by Crippen LogP contribution is -2.26. The highest BCUT2D eigenvalue weighted by Gasteiger charge is 2.11. The van der Waals surface area contributed by atoms with E-state index < -0.39 is 6.10 Å². The predicted octanol–water partition coefficient (Wildman–Crippen LogP) is 1.03. The Kier molecular flexibility index (Phi) is 2.59. The van der Waals surface area contributed by atoms with E-state index in [0.717, 1.165) is 16.6 Å². The number of aliphatic hydroxyl groups is 1. The molecule has 1 unspecified atom stereocenters. The molecule has 0 aliphatic rings. The van der Waals surface area contributed by atoms with Crippen molar-refractivity contribution in [3.8, 4) is 0 Å². The van der Waals surface area contributed by atoms with Crippen LogP contribution in [0.5, 0.6) is 0 Å². The second kappa shape index (κ2) is 3.79. The molecule has 0 saturated heterocycles. The van der Waals surface area contributed by atoms with Gasteiger partial charge in [-0.1, -0.05) is 6.07 Å². The van der Waals surface area contributed by atoms with Crippen molar-refractivity contribution < 1.29 is 5.11 Å². The number of aromatic nitrogens is 2. The summed E-state index contributed by atoms with van der Waals surface area (Å²) in [6.07, 6.45) is -0.524. The third kappa shape index (κ3) is 1.65. The topological polar surface area (TPSA) is 47.2 Å². The van der Waals surface area contributed by atoms with Gasteiger partial charge >= 0.3 is 5.69 Å². The summed E-state index contributed by atoms with van der Waals surface area (Å²) in [6, 6.07) is 5.89. The molecule has 0 radical (unpaired) electrons. The number of rotatable bonds is 2. The number of fused-ring (bicyclic) bond motifs is 1. The highest BCUT2D eigenvalue weighted by atomic mass is 16.3. The normalized spacial score (nSPS) is 13.2. The first-order chi connectivity index (χ1) is 7.50. The van der Waals surface area contributed by atoms with Gasteiger partial charge in [-0.3, -0.25) is 9.13 Å². The highest BCUT2D eigenvalue weighted by Crippen LogP contribution is 2.14. The van der Waals surface area contributed by atoms with E-state index in [-0.39, 0.29) is 5.69 Å². The van der Waals surface area contributed by atoms with Crippen molar-refractivity contribution in [2.75, 3.05) is 0 Å². The van der Waals surface area contributed by atoms with Gasteiger partial charge in [0.05, 0.1) is 23.7 Å². The maximum absolute atomic E-state index is 11.9. The van der Waals surface area contributed by atoms with Gasteiger partial charge in [-0.15, -0.1) is 0 Å². The van der Waals surface area contributed by atoms with Crippen molar-refractivity contribution >= 4 is 11.0 Å². The van der Waals surface area contributed by atoms with Crippen molar-refractivity contribution in [1.29, 1.82) is 0 Å². The van der Waals surface area contributed by atoms with Gasteiger partial charge in [0.1, 0.15) is 0 Å². The van der Waals surface area contributed by atoms with Crippen LogP contribution >= 0.6 is 0 Å². The van der Waals surface area contributed by atoms with Crippen molar-refractivity contribution in [2.24, 2.45) is 7.05 Å². The minimum atomic E-state index is -0.524. The molecule has 86 valence electrons. The molecule has 0 fully saturated rings. The standard InChI is InChI=1S/C12H16N2O2/c1-8-4-5-10-11(6-8)14(7-9(2)15)12(16)13(10)3/h4-6,9,15H,7H2,1-3H3. The molecule has 0 bridgehead atoms. The van der Waals surface area contributed by atoms with E-state index in [9.17, 15) is 9.90 Å². The molecule has 0 amide bonds. The molecule has 1 aromatic carbocycles. The Labute approximate surface area is 93.7 Å². The van der Waals surface area contributed by atoms with Gasteiger partial charge < -0.3 is 5.11 Å². The van der Waals surface area contributed by atoms with Crippen LogP contribution in [-0.2, 0) is 13.6 Å². The van der Waals surface area contributed by atoms with Crippen LogP contribution in [0.2, 0.25) is 0 Å². The van der Waals surface area contributed by atoms with E-state index in [4.69, 9.17) is 0 Å². The number of hydrogen-bond donors (Lipinski definition) is 1. The second-order valence-electron chi connectivity index (χ2n) is 4.29. The Morgan fingerprint density at radius 2 is 2.06 bits per heavy atom. The molecule has 1 N–H and O–H groups in total. The van der Waals surface area contributed by atoms with Gasteiger partial charge in [0.25, 0.3) is 0 Å². The van der Waals surface area contributed by atoms with Crippen molar-refractivity contribution in [1.82, 2.24) is 9.13 Å². The van der Waals surface area contributed by atoms with Crippen LogP contribution in [0.15, 0.2) is 23.0 Å². The Balaban J connectivity index is 2.75. The minimum absolute atomic E-state index is 0.0819. The molecule has 2 aromatic rings. The molecule has 4 heteroatoms. The van der Waals surface area contributed by atoms with Gasteiger partial charge in [-0.05, 0) is 31.5 Å². The Bertz CT molecular complexity index is 578. The van der Waals surface area contributed by atoms with Crippen molar-refractivity contribution in [2.45, 2.75) is 26.5 Å². The molecule has 2 rings (SSSR count). The van der Waals surface area contributed by atoms with Crippen LogP contribution in [-0.4, -0.2) is 20.3 Å². The number of benzene rings is 1. The lowest BCUT2D eigenvalue weighted by molar-refractivity contribution is 0.173. The van der Waals surface area contributed by atoms with E-state index >= 15 is 0 Å². The quantitative estimate of drug-likeness (QED) is 0.821. The first-order valence-electron chi connectivity index (χ1n) is 5.34. The van der Waals surface area contributed by atoms with Gasteiger partial charge in [0.2, 0.25) is 0 Å². The molecule has 0 saturated carbocycles. The van der Waals surface area contributed by atoms with E-state index in [1.165, 1.54) is 0 Å². The van der Waals surface area contributed by atoms with Crippen LogP contribution in [0.4, 0.5) is 0 Å². The molecular weight excluding hydrogens is 204 g/mol. The van der Waals surface area contributed by atoms with Crippen molar-refractivity contribution in [3.05, 3.63) is 34.2 Å². The Hall–Kier alpha value is -1.55. The summed E-state index contributed by atoms with van der Waals surface area (Å²) in [6.45, 7) is 4.00. The average molecular weight is 220 g/mol. The monoisotopic (exact) mass is 220 g/mol. The molecule has 0 aliphatic heterocycles. The second-order valence-corrected chi connectivity index (χ2v) is 4.29. The molecule has 1 aromatic heterocycles. The summed E-state index contributed by atoms with van der Waals surface area (Å²) in [5.74, 6) is 0. The van der Waals surface area contributed by atoms with E-state index in [1.54, 1.807) is 23.1 Å². The van der Waals surface area contributed by atoms with E-state index in [1.807, 2.05) is 25.1 Å². The summed E-state index contributed by atoms with van der Waals surface area (Å²) in [5.41, 5.74) is 2.81. The number of aliphatic hydroxyl groups excluding tert-OH is 1. The fraction of sp³-hybridized carbons (Fsp3) is 0.417. The van der Waals surface area contributed by atoms with E-state index in [0.29, 0.717) is 6.54 Å². The number of nitrogens with zero attached hydrogens (tertiary/aromatic N) is 2. The molecular formula is C12H16N2O2. The SMILES string of the molecule is Cc1ccc2c(c1)n(CC(C)O)c(=O)n2C. The zero-order chi connectivity index (χ0) is 11.9. The molecule has 0 spiro atoms. The molecule has 4 nitrogen and oxygen atoms in total. The third-order valence-corrected chi connectivity index (χ3v) is 2.75. The Morgan fingerprint density at radius 1 is 1.38 bits per heavy atom. The number of imidazole rings is 1. The zero-order valence-electron chi connectivity index (χ0n) is 9.77. The minimum Gasteiger partial charge on any atom is -0.392 e. The summed E-state index contributed by atoms with van der Waals surface area (Å²) >= 11 is 0. The van der Waals surface area contributed by atoms with Gasteiger partial charge in [0, 0.05) is 7.05 Å². The first-order valence-corrected chi connectivity index (χ1v) is 5.34. The number of hydrogen-bond acceptors (Lipinski definition) is 2. The summed E-state index contributed by atoms with van der Waals surface area (Å²) in [5, 5.41) is 9.40. The fourth-order valence-electron chi connectivity index (χ4n) is 1.96. The summed E-state index contributed by atoms with van der Waals surface area (Å²) in [7, 11) is 1.75.